The molecule has 444 valence electrons. The van der Waals surface area contributed by atoms with E-state index >= 15 is 0 Å². The normalized spacial score (nSPS) is 15.1. The Bertz CT molecular complexity index is 1860. The van der Waals surface area contributed by atoms with Gasteiger partial charge in [-0.15, -0.1) is 0 Å². The van der Waals surface area contributed by atoms with Gasteiger partial charge in [0.25, 0.3) is 0 Å². The van der Waals surface area contributed by atoms with Gasteiger partial charge < -0.3 is 63.6 Å². The molecule has 13 N–H and O–H groups in total. The summed E-state index contributed by atoms with van der Waals surface area (Å²) in [6, 6.07) is -10.5. The monoisotopic (exact) mass is 1100 g/mol. The summed E-state index contributed by atoms with van der Waals surface area (Å²) in [5, 5.41) is 51.5. The van der Waals surface area contributed by atoms with Crippen molar-refractivity contribution >= 4 is 59.1 Å². The quantitative estimate of drug-likeness (QED) is 0.0393. The predicted octanol–water partition coefficient (Wildman–Crippen LogP) is 2.99. The summed E-state index contributed by atoms with van der Waals surface area (Å²) in [5.74, 6) is -9.53. The Morgan fingerprint density at radius 1 is 0.416 bits per heavy atom. The lowest BCUT2D eigenvalue weighted by atomic mass is 9.98. The molecule has 0 fully saturated rings. The van der Waals surface area contributed by atoms with Crippen LogP contribution in [0.2, 0.25) is 0 Å². The van der Waals surface area contributed by atoms with Crippen LogP contribution >= 0.6 is 0 Å². The summed E-state index contributed by atoms with van der Waals surface area (Å²) in [6.45, 7) is 22.5. The number of carboxylic acid groups (broad SMARTS) is 1. The van der Waals surface area contributed by atoms with Gasteiger partial charge in [-0.3, -0.25) is 43.2 Å². The first-order chi connectivity index (χ1) is 35.9. The second-order valence-electron chi connectivity index (χ2n) is 23.2. The van der Waals surface area contributed by atoms with Gasteiger partial charge in [-0.2, -0.15) is 0 Å². The van der Waals surface area contributed by atoms with Crippen molar-refractivity contribution in [3.63, 3.8) is 0 Å². The third kappa shape index (κ3) is 31.6. The number of aliphatic carboxylic acids is 1. The van der Waals surface area contributed by atoms with Gasteiger partial charge >= 0.3 is 5.97 Å². The Morgan fingerprint density at radius 2 is 0.753 bits per heavy atom. The highest BCUT2D eigenvalue weighted by atomic mass is 16.4. The summed E-state index contributed by atoms with van der Waals surface area (Å²) in [7, 11) is 0. The smallest absolute Gasteiger partial charge is 0.326 e. The van der Waals surface area contributed by atoms with Crippen LogP contribution in [0.25, 0.3) is 0 Å². The molecule has 77 heavy (non-hydrogen) atoms. The van der Waals surface area contributed by atoms with Crippen molar-refractivity contribution in [1.29, 1.82) is 0 Å². The molecule has 0 aromatic rings. The molecule has 22 heteroatoms. The summed E-state index contributed by atoms with van der Waals surface area (Å²) in [4.78, 5) is 134. The maximum absolute atomic E-state index is 14.1. The minimum Gasteiger partial charge on any atom is -0.480 e. The molecule has 9 unspecified atom stereocenters. The van der Waals surface area contributed by atoms with Crippen molar-refractivity contribution < 1.29 is 63.3 Å². The SMILES string of the molecule is CCCCCCCCCC(O)CC(=O)NC(CC(C)C)C(=O)NC(CC(C)C)C(=O)NC(CCC(N)=O)C(=O)NC(CC(C)C)C(=O)NC(CO)C(=O)NC(C(=O)NC(CC(C)C)C(=O)NC(CC(C)C)C(=O)O)C(C)C. The summed E-state index contributed by atoms with van der Waals surface area (Å²) in [5.41, 5.74) is 5.46. The van der Waals surface area contributed by atoms with Crippen LogP contribution < -0.4 is 48.3 Å². The van der Waals surface area contributed by atoms with Crippen LogP contribution in [0.5, 0.6) is 0 Å². The van der Waals surface area contributed by atoms with E-state index in [1.54, 1.807) is 41.5 Å². The standard InChI is InChI=1S/C55H101N9O13/c1-14-15-16-17-18-19-20-21-37(66)29-46(68)57-39(24-31(2)3)49(70)60-40(25-32(4)5)50(71)58-38(22-23-45(56)67)48(69)59-41(26-33(6)7)52(73)63-44(30-65)53(74)64-47(36(12)13)54(75)61-42(27-34(8)9)51(72)62-43(55(76)77)28-35(10)11/h31-44,47,65-66H,14-30H2,1-13H3,(H2,56,67)(H,57,68)(H,58,71)(H,59,69)(H,60,70)(H,61,75)(H,62,72)(H,63,73)(H,64,74)(H,76,77). The molecule has 9 atom stereocenters. The zero-order valence-corrected chi connectivity index (χ0v) is 48.7. The fourth-order valence-electron chi connectivity index (χ4n) is 8.57. The van der Waals surface area contributed by atoms with Gasteiger partial charge in [0.1, 0.15) is 48.3 Å². The van der Waals surface area contributed by atoms with E-state index in [-0.39, 0.29) is 81.0 Å². The zero-order chi connectivity index (χ0) is 59.1. The second-order valence-corrected chi connectivity index (χ2v) is 23.2. The first-order valence-corrected chi connectivity index (χ1v) is 28.1. The van der Waals surface area contributed by atoms with E-state index in [9.17, 15) is 63.3 Å². The first kappa shape index (κ1) is 71.6. The van der Waals surface area contributed by atoms with Crippen molar-refractivity contribution in [2.75, 3.05) is 6.61 Å². The van der Waals surface area contributed by atoms with Crippen molar-refractivity contribution in [3.05, 3.63) is 0 Å². The Balaban J connectivity index is 6.37. The van der Waals surface area contributed by atoms with E-state index < -0.39 is 126 Å². The molecular weight excluding hydrogens is 995 g/mol. The Morgan fingerprint density at radius 3 is 1.14 bits per heavy atom. The molecule has 0 bridgehead atoms. The Labute approximate surface area is 458 Å². The van der Waals surface area contributed by atoms with E-state index in [1.165, 1.54) is 12.8 Å². The van der Waals surface area contributed by atoms with Crippen LogP contribution in [0.15, 0.2) is 0 Å². The lowest BCUT2D eigenvalue weighted by molar-refractivity contribution is -0.143. The zero-order valence-electron chi connectivity index (χ0n) is 48.7. The molecule has 0 aliphatic heterocycles. The number of carbonyl (C=O) groups excluding carboxylic acids is 9. The number of aliphatic hydroxyl groups is 2. The van der Waals surface area contributed by atoms with Crippen LogP contribution in [0.4, 0.5) is 0 Å². The molecule has 9 amide bonds. The average molecular weight is 1100 g/mol. The lowest BCUT2D eigenvalue weighted by Crippen LogP contribution is -2.61. The first-order valence-electron chi connectivity index (χ1n) is 28.1. The van der Waals surface area contributed by atoms with E-state index in [2.05, 4.69) is 49.5 Å². The van der Waals surface area contributed by atoms with Crippen LogP contribution in [0.1, 0.15) is 193 Å². The van der Waals surface area contributed by atoms with Gasteiger partial charge in [-0.05, 0) is 80.5 Å². The maximum atomic E-state index is 14.1. The van der Waals surface area contributed by atoms with Gasteiger partial charge in [-0.25, -0.2) is 4.79 Å². The third-order valence-electron chi connectivity index (χ3n) is 12.6. The second kappa shape index (κ2) is 38.2. The molecule has 0 saturated heterocycles. The molecule has 0 aromatic carbocycles. The molecule has 0 radical (unpaired) electrons. The van der Waals surface area contributed by atoms with Crippen molar-refractivity contribution in [2.45, 2.75) is 247 Å². The summed E-state index contributed by atoms with van der Waals surface area (Å²) < 4.78 is 0. The molecule has 0 heterocycles. The Hall–Kier alpha value is -5.38. The summed E-state index contributed by atoms with van der Waals surface area (Å²) in [6.07, 6.45) is 6.66. The van der Waals surface area contributed by atoms with Gasteiger partial charge in [0, 0.05) is 6.42 Å². The Kier molecular flexibility index (Phi) is 35.6. The molecule has 0 aliphatic carbocycles. The summed E-state index contributed by atoms with van der Waals surface area (Å²) >= 11 is 0. The minimum atomic E-state index is -1.65. The van der Waals surface area contributed by atoms with Gasteiger partial charge in [0.2, 0.25) is 53.2 Å². The van der Waals surface area contributed by atoms with E-state index in [1.807, 2.05) is 41.5 Å². The van der Waals surface area contributed by atoms with Crippen LogP contribution in [-0.4, -0.2) is 135 Å². The minimum absolute atomic E-state index is 0.00476. The van der Waals surface area contributed by atoms with Crippen LogP contribution in [0.3, 0.4) is 0 Å². The molecule has 0 rings (SSSR count). The highest BCUT2D eigenvalue weighted by Crippen LogP contribution is 2.16. The number of nitrogens with two attached hydrogens (primary N) is 1. The number of amides is 9. The number of rotatable bonds is 41. The molecular formula is C55H101N9O13. The molecule has 0 saturated carbocycles. The van der Waals surface area contributed by atoms with E-state index in [4.69, 9.17) is 5.73 Å². The number of carboxylic acids is 1. The van der Waals surface area contributed by atoms with E-state index in [0.29, 0.717) is 6.42 Å². The number of hydrogen-bond donors (Lipinski definition) is 12. The van der Waals surface area contributed by atoms with Crippen LogP contribution in [-0.2, 0) is 47.9 Å². The lowest BCUT2D eigenvalue weighted by Gasteiger charge is -2.29. The molecule has 22 nitrogen and oxygen atoms in total. The molecule has 0 aliphatic rings. The van der Waals surface area contributed by atoms with Crippen LogP contribution in [0, 0.1) is 35.5 Å². The largest absolute Gasteiger partial charge is 0.480 e. The number of primary amides is 1. The average Bonchev–Trinajstić information content (AvgIpc) is 3.30. The van der Waals surface area contributed by atoms with Crippen molar-refractivity contribution in [1.82, 2.24) is 42.5 Å². The predicted molar refractivity (Wildman–Crippen MR) is 294 cm³/mol. The van der Waals surface area contributed by atoms with E-state index in [0.717, 1.165) is 32.1 Å². The number of unbranched alkanes of at least 4 members (excludes halogenated alkanes) is 6. The highest BCUT2D eigenvalue weighted by molar-refractivity contribution is 5.98. The maximum Gasteiger partial charge on any atom is 0.326 e. The third-order valence-corrected chi connectivity index (χ3v) is 12.6. The number of aliphatic hydroxyl groups excluding tert-OH is 2. The fraction of sp³-hybridized carbons (Fsp3) is 0.818. The van der Waals surface area contributed by atoms with Crippen molar-refractivity contribution in [2.24, 2.45) is 41.2 Å². The molecule has 0 spiro atoms. The van der Waals surface area contributed by atoms with Gasteiger partial charge in [-0.1, -0.05) is 135 Å². The van der Waals surface area contributed by atoms with Gasteiger partial charge in [0.05, 0.1) is 19.1 Å². The number of carbonyl (C=O) groups is 10. The number of hydrogen-bond acceptors (Lipinski definition) is 12. The van der Waals surface area contributed by atoms with Gasteiger partial charge in [0.15, 0.2) is 0 Å². The molecule has 0 aromatic heterocycles. The number of nitrogens with one attached hydrogen (secondary N) is 8. The fourth-order valence-corrected chi connectivity index (χ4v) is 8.57. The highest BCUT2D eigenvalue weighted by Gasteiger charge is 2.36. The van der Waals surface area contributed by atoms with Crippen molar-refractivity contribution in [3.8, 4) is 0 Å². The topological polar surface area (TPSA) is 354 Å².